The quantitative estimate of drug-likeness (QED) is 0.874. The molecule has 0 aliphatic heterocycles. The summed E-state index contributed by atoms with van der Waals surface area (Å²) < 4.78 is 0. The highest BCUT2D eigenvalue weighted by molar-refractivity contribution is 5.67. The number of anilines is 1. The number of carboxylic acids is 1. The van der Waals surface area contributed by atoms with Gasteiger partial charge in [-0.3, -0.25) is 9.78 Å². The largest absolute Gasteiger partial charge is 0.481 e. The zero-order valence-electron chi connectivity index (χ0n) is 10.5. The van der Waals surface area contributed by atoms with Crippen LogP contribution < -0.4 is 4.90 Å². The summed E-state index contributed by atoms with van der Waals surface area (Å²) in [5, 5.41) is 8.67. The molecule has 0 aliphatic rings. The first-order chi connectivity index (χ1) is 9.16. The van der Waals surface area contributed by atoms with E-state index in [0.717, 1.165) is 5.56 Å². The van der Waals surface area contributed by atoms with E-state index >= 15 is 0 Å². The Kier molecular flexibility index (Phi) is 4.02. The third-order valence-corrected chi connectivity index (χ3v) is 2.61. The molecule has 0 fully saturated rings. The number of pyridine rings is 1. The fraction of sp³-hybridized carbons (Fsp3) is 0.231. The molecule has 2 aromatic rings. The maximum absolute atomic E-state index is 10.6. The maximum Gasteiger partial charge on any atom is 0.305 e. The molecular weight excluding hydrogens is 244 g/mol. The number of hydrogen-bond donors (Lipinski definition) is 1. The number of aromatic nitrogens is 3. The van der Waals surface area contributed by atoms with Gasteiger partial charge in [-0.15, -0.1) is 0 Å². The van der Waals surface area contributed by atoms with E-state index in [9.17, 15) is 4.79 Å². The second kappa shape index (κ2) is 5.90. The minimum atomic E-state index is -0.826. The van der Waals surface area contributed by atoms with Gasteiger partial charge in [0.1, 0.15) is 5.82 Å². The lowest BCUT2D eigenvalue weighted by atomic mass is 10.2. The first kappa shape index (κ1) is 12.9. The molecule has 2 aromatic heterocycles. The minimum absolute atomic E-state index is 0.0722. The minimum Gasteiger partial charge on any atom is -0.481 e. The van der Waals surface area contributed by atoms with Crippen molar-refractivity contribution in [3.8, 4) is 11.4 Å². The van der Waals surface area contributed by atoms with Crippen LogP contribution in [0.25, 0.3) is 11.4 Å². The van der Waals surface area contributed by atoms with Crippen molar-refractivity contribution < 1.29 is 9.90 Å². The van der Waals surface area contributed by atoms with Crippen LogP contribution in [0.15, 0.2) is 36.8 Å². The van der Waals surface area contributed by atoms with Crippen molar-refractivity contribution in [2.24, 2.45) is 0 Å². The average Bonchev–Trinajstić information content (AvgIpc) is 2.46. The molecule has 0 saturated heterocycles. The SMILES string of the molecule is CN(CCC(=O)O)c1ccnc(-c2cccnc2)n1. The van der Waals surface area contributed by atoms with Crippen LogP contribution in [-0.2, 0) is 4.79 Å². The standard InChI is InChI=1S/C13H14N4O2/c1-17(8-5-12(18)19)11-4-7-15-13(16-11)10-3-2-6-14-9-10/h2-4,6-7,9H,5,8H2,1H3,(H,18,19). The molecule has 0 radical (unpaired) electrons. The van der Waals surface area contributed by atoms with E-state index in [4.69, 9.17) is 5.11 Å². The molecule has 0 aliphatic carbocycles. The zero-order chi connectivity index (χ0) is 13.7. The van der Waals surface area contributed by atoms with E-state index in [0.29, 0.717) is 18.2 Å². The van der Waals surface area contributed by atoms with Gasteiger partial charge in [-0.05, 0) is 18.2 Å². The van der Waals surface area contributed by atoms with Crippen molar-refractivity contribution in [2.75, 3.05) is 18.5 Å². The number of carboxylic acid groups (broad SMARTS) is 1. The lowest BCUT2D eigenvalue weighted by Crippen LogP contribution is -2.22. The van der Waals surface area contributed by atoms with Crippen LogP contribution in [0.4, 0.5) is 5.82 Å². The molecular formula is C13H14N4O2. The summed E-state index contributed by atoms with van der Waals surface area (Å²) in [6.07, 6.45) is 5.10. The Hall–Kier alpha value is -2.50. The summed E-state index contributed by atoms with van der Waals surface area (Å²) in [6.45, 7) is 0.402. The monoisotopic (exact) mass is 258 g/mol. The third-order valence-electron chi connectivity index (χ3n) is 2.61. The number of aliphatic carboxylic acids is 1. The van der Waals surface area contributed by atoms with E-state index < -0.39 is 5.97 Å². The lowest BCUT2D eigenvalue weighted by molar-refractivity contribution is -0.136. The number of hydrogen-bond acceptors (Lipinski definition) is 5. The van der Waals surface area contributed by atoms with Crippen molar-refractivity contribution in [2.45, 2.75) is 6.42 Å². The molecule has 0 amide bonds. The fourth-order valence-corrected chi connectivity index (χ4v) is 1.57. The van der Waals surface area contributed by atoms with Gasteiger partial charge in [-0.2, -0.15) is 0 Å². The Balaban J connectivity index is 2.17. The normalized spacial score (nSPS) is 10.2. The van der Waals surface area contributed by atoms with Gasteiger partial charge in [0.25, 0.3) is 0 Å². The van der Waals surface area contributed by atoms with Gasteiger partial charge >= 0.3 is 5.97 Å². The molecule has 0 bridgehead atoms. The maximum atomic E-state index is 10.6. The summed E-state index contributed by atoms with van der Waals surface area (Å²) in [6, 6.07) is 5.45. The van der Waals surface area contributed by atoms with E-state index in [1.165, 1.54) is 0 Å². The van der Waals surface area contributed by atoms with E-state index in [1.54, 1.807) is 36.6 Å². The molecule has 6 nitrogen and oxygen atoms in total. The van der Waals surface area contributed by atoms with Gasteiger partial charge < -0.3 is 10.0 Å². The first-order valence-electron chi connectivity index (χ1n) is 5.83. The molecule has 0 aromatic carbocycles. The Morgan fingerprint density at radius 2 is 2.21 bits per heavy atom. The predicted octanol–water partition coefficient (Wildman–Crippen LogP) is 1.45. The van der Waals surface area contributed by atoms with Crippen LogP contribution in [0.3, 0.4) is 0 Å². The average molecular weight is 258 g/mol. The third kappa shape index (κ3) is 3.48. The van der Waals surface area contributed by atoms with Crippen molar-refractivity contribution in [1.82, 2.24) is 15.0 Å². The number of carbonyl (C=O) groups is 1. The molecule has 0 unspecified atom stereocenters. The highest BCUT2D eigenvalue weighted by Gasteiger charge is 2.07. The Labute approximate surface area is 110 Å². The molecule has 6 heteroatoms. The lowest BCUT2D eigenvalue weighted by Gasteiger charge is -2.17. The summed E-state index contributed by atoms with van der Waals surface area (Å²) in [5.41, 5.74) is 0.830. The van der Waals surface area contributed by atoms with Gasteiger partial charge in [0.05, 0.1) is 6.42 Å². The van der Waals surface area contributed by atoms with Crippen molar-refractivity contribution >= 4 is 11.8 Å². The van der Waals surface area contributed by atoms with Crippen LogP contribution in [0, 0.1) is 0 Å². The molecule has 98 valence electrons. The van der Waals surface area contributed by atoms with Crippen molar-refractivity contribution in [3.05, 3.63) is 36.8 Å². The van der Waals surface area contributed by atoms with Crippen molar-refractivity contribution in [3.63, 3.8) is 0 Å². The van der Waals surface area contributed by atoms with Gasteiger partial charge in [0.15, 0.2) is 5.82 Å². The van der Waals surface area contributed by atoms with E-state index in [-0.39, 0.29) is 6.42 Å². The smallest absolute Gasteiger partial charge is 0.305 e. The van der Waals surface area contributed by atoms with Gasteiger partial charge in [-0.25, -0.2) is 9.97 Å². The molecule has 2 rings (SSSR count). The number of nitrogens with zero attached hydrogens (tertiary/aromatic N) is 4. The molecule has 1 N–H and O–H groups in total. The number of rotatable bonds is 5. The van der Waals surface area contributed by atoms with Crippen LogP contribution >= 0.6 is 0 Å². The summed E-state index contributed by atoms with van der Waals surface area (Å²) >= 11 is 0. The van der Waals surface area contributed by atoms with E-state index in [2.05, 4.69) is 15.0 Å². The predicted molar refractivity (Wildman–Crippen MR) is 70.8 cm³/mol. The van der Waals surface area contributed by atoms with Crippen molar-refractivity contribution in [1.29, 1.82) is 0 Å². The van der Waals surface area contributed by atoms with Gasteiger partial charge in [0.2, 0.25) is 0 Å². The Bertz CT molecular complexity index is 560. The van der Waals surface area contributed by atoms with Crippen LogP contribution in [0.2, 0.25) is 0 Å². The second-order valence-corrected chi connectivity index (χ2v) is 4.05. The molecule has 19 heavy (non-hydrogen) atoms. The summed E-state index contributed by atoms with van der Waals surface area (Å²) in [7, 11) is 1.80. The van der Waals surface area contributed by atoms with E-state index in [1.807, 2.05) is 12.1 Å². The molecule has 0 spiro atoms. The fourth-order valence-electron chi connectivity index (χ4n) is 1.57. The first-order valence-corrected chi connectivity index (χ1v) is 5.83. The van der Waals surface area contributed by atoms with Gasteiger partial charge in [0, 0.05) is 37.7 Å². The van der Waals surface area contributed by atoms with Crippen LogP contribution in [0.5, 0.6) is 0 Å². The molecule has 2 heterocycles. The second-order valence-electron chi connectivity index (χ2n) is 4.05. The zero-order valence-corrected chi connectivity index (χ0v) is 10.5. The van der Waals surface area contributed by atoms with Crippen LogP contribution in [-0.4, -0.2) is 39.6 Å². The Morgan fingerprint density at radius 1 is 1.37 bits per heavy atom. The van der Waals surface area contributed by atoms with Crippen LogP contribution in [0.1, 0.15) is 6.42 Å². The molecule has 0 saturated carbocycles. The Morgan fingerprint density at radius 3 is 2.89 bits per heavy atom. The topological polar surface area (TPSA) is 79.2 Å². The van der Waals surface area contributed by atoms with Gasteiger partial charge in [-0.1, -0.05) is 0 Å². The highest BCUT2D eigenvalue weighted by atomic mass is 16.4. The summed E-state index contributed by atoms with van der Waals surface area (Å²) in [4.78, 5) is 25.0. The highest BCUT2D eigenvalue weighted by Crippen LogP contribution is 2.16. The summed E-state index contributed by atoms with van der Waals surface area (Å²) in [5.74, 6) is 0.441. The molecule has 0 atom stereocenters.